The van der Waals surface area contributed by atoms with Gasteiger partial charge in [-0.05, 0) is 24.0 Å². The summed E-state index contributed by atoms with van der Waals surface area (Å²) in [7, 11) is 0. The molecule has 4 heteroatoms. The normalized spacial score (nSPS) is 26.1. The number of anilines is 1. The molecule has 1 amide bonds. The lowest BCUT2D eigenvalue weighted by Crippen LogP contribution is -2.47. The smallest absolute Gasteiger partial charge is 0.228 e. The second-order valence-corrected chi connectivity index (χ2v) is 5.87. The number of carbonyl (C=O) groups excluding carboxylic acids is 1. The van der Waals surface area contributed by atoms with Crippen LogP contribution in [0, 0.1) is 5.92 Å². The maximum atomic E-state index is 12.6. The summed E-state index contributed by atoms with van der Waals surface area (Å²) >= 11 is 0. The monoisotopic (exact) mass is 274 g/mol. The number of amides is 1. The van der Waals surface area contributed by atoms with Crippen molar-refractivity contribution in [3.05, 3.63) is 29.8 Å². The fourth-order valence-electron chi connectivity index (χ4n) is 3.10. The standard InChI is InChI=1S/C16H22N2O2/c1-12-8-13-4-2-3-5-15(13)18(10-12)16(19)9-14-11-20-7-6-17-14/h2-5,12,14,17H,6-11H2,1H3. The molecule has 0 spiro atoms. The molecule has 1 N–H and O–H groups in total. The first-order valence-electron chi connectivity index (χ1n) is 7.43. The van der Waals surface area contributed by atoms with E-state index in [1.54, 1.807) is 0 Å². The van der Waals surface area contributed by atoms with Gasteiger partial charge in [-0.1, -0.05) is 25.1 Å². The van der Waals surface area contributed by atoms with Gasteiger partial charge in [0, 0.05) is 31.2 Å². The Morgan fingerprint density at radius 2 is 2.30 bits per heavy atom. The summed E-state index contributed by atoms with van der Waals surface area (Å²) in [4.78, 5) is 14.6. The third kappa shape index (κ3) is 2.86. The molecule has 0 radical (unpaired) electrons. The van der Waals surface area contributed by atoms with Crippen LogP contribution in [-0.4, -0.2) is 38.3 Å². The van der Waals surface area contributed by atoms with Crippen molar-refractivity contribution in [3.8, 4) is 0 Å². The Bertz CT molecular complexity index is 483. The molecule has 0 aliphatic carbocycles. The van der Waals surface area contributed by atoms with E-state index in [9.17, 15) is 4.79 Å². The van der Waals surface area contributed by atoms with Gasteiger partial charge >= 0.3 is 0 Å². The molecular formula is C16H22N2O2. The zero-order valence-corrected chi connectivity index (χ0v) is 12.0. The van der Waals surface area contributed by atoms with E-state index in [1.165, 1.54) is 5.56 Å². The first-order valence-corrected chi connectivity index (χ1v) is 7.43. The van der Waals surface area contributed by atoms with Gasteiger partial charge in [0.1, 0.15) is 0 Å². The van der Waals surface area contributed by atoms with Gasteiger partial charge in [-0.25, -0.2) is 0 Å². The summed E-state index contributed by atoms with van der Waals surface area (Å²) in [6, 6.07) is 8.41. The molecule has 0 saturated carbocycles. The number of para-hydroxylation sites is 1. The molecule has 0 aromatic heterocycles. The molecule has 1 aromatic rings. The van der Waals surface area contributed by atoms with Crippen molar-refractivity contribution >= 4 is 11.6 Å². The molecule has 2 atom stereocenters. The Balaban J connectivity index is 1.74. The number of hydrogen-bond donors (Lipinski definition) is 1. The average molecular weight is 274 g/mol. The number of nitrogens with one attached hydrogen (secondary N) is 1. The van der Waals surface area contributed by atoms with Crippen LogP contribution in [0.2, 0.25) is 0 Å². The maximum absolute atomic E-state index is 12.6. The first kappa shape index (κ1) is 13.6. The minimum Gasteiger partial charge on any atom is -0.378 e. The summed E-state index contributed by atoms with van der Waals surface area (Å²) in [5.41, 5.74) is 2.37. The maximum Gasteiger partial charge on any atom is 0.228 e. The molecule has 2 heterocycles. The van der Waals surface area contributed by atoms with Crippen LogP contribution in [0.25, 0.3) is 0 Å². The highest BCUT2D eigenvalue weighted by Gasteiger charge is 2.28. The quantitative estimate of drug-likeness (QED) is 0.890. The summed E-state index contributed by atoms with van der Waals surface area (Å²) in [5, 5.41) is 3.35. The molecule has 108 valence electrons. The van der Waals surface area contributed by atoms with Gasteiger partial charge in [0.15, 0.2) is 0 Å². The predicted molar refractivity (Wildman–Crippen MR) is 78.9 cm³/mol. The summed E-state index contributed by atoms with van der Waals surface area (Å²) in [6.07, 6.45) is 1.58. The van der Waals surface area contributed by atoms with E-state index in [0.717, 1.165) is 31.8 Å². The second kappa shape index (κ2) is 5.94. The van der Waals surface area contributed by atoms with Gasteiger partial charge in [0.25, 0.3) is 0 Å². The third-order valence-electron chi connectivity index (χ3n) is 4.07. The number of rotatable bonds is 2. The van der Waals surface area contributed by atoms with Gasteiger partial charge in [-0.15, -0.1) is 0 Å². The predicted octanol–water partition coefficient (Wildman–Crippen LogP) is 1.59. The van der Waals surface area contributed by atoms with Crippen LogP contribution in [0.3, 0.4) is 0 Å². The van der Waals surface area contributed by atoms with Crippen molar-refractivity contribution in [2.45, 2.75) is 25.8 Å². The van der Waals surface area contributed by atoms with E-state index < -0.39 is 0 Å². The van der Waals surface area contributed by atoms with Crippen molar-refractivity contribution in [3.63, 3.8) is 0 Å². The van der Waals surface area contributed by atoms with Crippen molar-refractivity contribution in [1.29, 1.82) is 0 Å². The average Bonchev–Trinajstić information content (AvgIpc) is 2.47. The number of carbonyl (C=O) groups is 1. The van der Waals surface area contributed by atoms with E-state index in [4.69, 9.17) is 4.74 Å². The Morgan fingerprint density at radius 1 is 1.45 bits per heavy atom. The zero-order valence-electron chi connectivity index (χ0n) is 12.0. The number of hydrogen-bond acceptors (Lipinski definition) is 3. The Kier molecular flexibility index (Phi) is 4.03. The lowest BCUT2D eigenvalue weighted by molar-refractivity contribution is -0.120. The summed E-state index contributed by atoms with van der Waals surface area (Å²) < 4.78 is 5.43. The number of ether oxygens (including phenoxy) is 1. The minimum absolute atomic E-state index is 0.153. The van der Waals surface area contributed by atoms with Crippen LogP contribution in [0.4, 0.5) is 5.69 Å². The minimum atomic E-state index is 0.153. The first-order chi connectivity index (χ1) is 9.74. The highest BCUT2D eigenvalue weighted by atomic mass is 16.5. The van der Waals surface area contributed by atoms with Gasteiger partial charge in [0.2, 0.25) is 5.91 Å². The van der Waals surface area contributed by atoms with E-state index >= 15 is 0 Å². The highest BCUT2D eigenvalue weighted by molar-refractivity contribution is 5.95. The fraction of sp³-hybridized carbons (Fsp3) is 0.562. The van der Waals surface area contributed by atoms with Gasteiger partial charge < -0.3 is 15.0 Å². The van der Waals surface area contributed by atoms with E-state index in [-0.39, 0.29) is 11.9 Å². The molecule has 2 aliphatic rings. The molecule has 3 rings (SSSR count). The second-order valence-electron chi connectivity index (χ2n) is 5.87. The van der Waals surface area contributed by atoms with Crippen molar-refractivity contribution < 1.29 is 9.53 Å². The van der Waals surface area contributed by atoms with Gasteiger partial charge in [0.05, 0.1) is 13.2 Å². The van der Waals surface area contributed by atoms with E-state index in [1.807, 2.05) is 11.0 Å². The highest BCUT2D eigenvalue weighted by Crippen LogP contribution is 2.30. The van der Waals surface area contributed by atoms with Gasteiger partial charge in [-0.3, -0.25) is 4.79 Å². The largest absolute Gasteiger partial charge is 0.378 e. The van der Waals surface area contributed by atoms with Crippen LogP contribution in [0.1, 0.15) is 18.9 Å². The molecule has 2 aliphatic heterocycles. The van der Waals surface area contributed by atoms with Crippen LogP contribution in [0.5, 0.6) is 0 Å². The number of fused-ring (bicyclic) bond motifs is 1. The van der Waals surface area contributed by atoms with Crippen LogP contribution < -0.4 is 10.2 Å². The Morgan fingerprint density at radius 3 is 3.10 bits per heavy atom. The van der Waals surface area contributed by atoms with Crippen LogP contribution >= 0.6 is 0 Å². The molecular weight excluding hydrogens is 252 g/mol. The topological polar surface area (TPSA) is 41.6 Å². The Labute approximate surface area is 120 Å². The SMILES string of the molecule is CC1Cc2ccccc2N(C(=O)CC2COCCN2)C1. The van der Waals surface area contributed by atoms with Crippen molar-refractivity contribution in [2.24, 2.45) is 5.92 Å². The molecule has 0 bridgehead atoms. The number of morpholine rings is 1. The number of benzene rings is 1. The van der Waals surface area contributed by atoms with Crippen molar-refractivity contribution in [2.75, 3.05) is 31.2 Å². The molecule has 2 unspecified atom stereocenters. The van der Waals surface area contributed by atoms with Crippen molar-refractivity contribution in [1.82, 2.24) is 5.32 Å². The Hall–Kier alpha value is -1.39. The molecule has 1 fully saturated rings. The lowest BCUT2D eigenvalue weighted by atomic mass is 9.93. The van der Waals surface area contributed by atoms with E-state index in [2.05, 4.69) is 30.4 Å². The molecule has 20 heavy (non-hydrogen) atoms. The lowest BCUT2D eigenvalue weighted by Gasteiger charge is -2.34. The molecule has 1 aromatic carbocycles. The van der Waals surface area contributed by atoms with Gasteiger partial charge in [-0.2, -0.15) is 0 Å². The van der Waals surface area contributed by atoms with E-state index in [0.29, 0.717) is 18.9 Å². The van der Waals surface area contributed by atoms with Crippen LogP contribution in [0.15, 0.2) is 24.3 Å². The van der Waals surface area contributed by atoms with Crippen LogP contribution in [-0.2, 0) is 16.0 Å². The number of nitrogens with zero attached hydrogens (tertiary/aromatic N) is 1. The fourth-order valence-corrected chi connectivity index (χ4v) is 3.10. The summed E-state index contributed by atoms with van der Waals surface area (Å²) in [5.74, 6) is 0.719. The summed E-state index contributed by atoms with van der Waals surface area (Å²) in [6.45, 7) is 5.25. The zero-order chi connectivity index (χ0) is 13.9. The third-order valence-corrected chi connectivity index (χ3v) is 4.07. The molecule has 1 saturated heterocycles. The molecule has 4 nitrogen and oxygen atoms in total.